The van der Waals surface area contributed by atoms with Crippen molar-refractivity contribution < 1.29 is 9.53 Å². The number of nitriles is 1. The third-order valence-corrected chi connectivity index (χ3v) is 6.28. The van der Waals surface area contributed by atoms with Crippen LogP contribution in [0.2, 0.25) is 0 Å². The minimum absolute atomic E-state index is 0.225. The Morgan fingerprint density at radius 3 is 2.64 bits per heavy atom. The molecule has 1 aromatic heterocycles. The molecular weight excluding hydrogens is 452 g/mol. The molecule has 0 aliphatic carbocycles. The first-order valence-corrected chi connectivity index (χ1v) is 12.2. The topological polar surface area (TPSA) is 103 Å². The second-order valence-electron chi connectivity index (χ2n) is 9.37. The molecule has 0 spiro atoms. The van der Waals surface area contributed by atoms with Crippen molar-refractivity contribution in [2.45, 2.75) is 33.1 Å². The first-order valence-electron chi connectivity index (χ1n) is 12.2. The number of morpholine rings is 1. The highest BCUT2D eigenvalue weighted by Gasteiger charge is 2.21. The molecule has 36 heavy (non-hydrogen) atoms. The van der Waals surface area contributed by atoms with E-state index in [0.717, 1.165) is 41.3 Å². The van der Waals surface area contributed by atoms with Crippen molar-refractivity contribution in [1.29, 1.82) is 5.26 Å². The van der Waals surface area contributed by atoms with Gasteiger partial charge >= 0.3 is 0 Å². The van der Waals surface area contributed by atoms with E-state index in [0.29, 0.717) is 37.0 Å². The number of benzene rings is 2. The van der Waals surface area contributed by atoms with E-state index in [1.54, 1.807) is 0 Å². The van der Waals surface area contributed by atoms with Gasteiger partial charge in [0.05, 0.1) is 30.4 Å². The van der Waals surface area contributed by atoms with E-state index >= 15 is 0 Å². The summed E-state index contributed by atoms with van der Waals surface area (Å²) in [6.45, 7) is 11.3. The van der Waals surface area contributed by atoms with Crippen LogP contribution >= 0.6 is 0 Å². The predicted molar refractivity (Wildman–Crippen MR) is 142 cm³/mol. The molecule has 0 bridgehead atoms. The van der Waals surface area contributed by atoms with Crippen molar-refractivity contribution >= 4 is 23.4 Å². The monoisotopic (exact) mass is 484 g/mol. The van der Waals surface area contributed by atoms with E-state index in [1.165, 1.54) is 0 Å². The average Bonchev–Trinajstić information content (AvgIpc) is 2.89. The van der Waals surface area contributed by atoms with Crippen LogP contribution in [0.5, 0.6) is 0 Å². The lowest BCUT2D eigenvalue weighted by molar-refractivity contribution is 0.102. The lowest BCUT2D eigenvalue weighted by atomic mass is 9.86. The third-order valence-electron chi connectivity index (χ3n) is 6.28. The largest absolute Gasteiger partial charge is 0.378 e. The highest BCUT2D eigenvalue weighted by molar-refractivity contribution is 6.05. The Morgan fingerprint density at radius 2 is 1.92 bits per heavy atom. The number of aromatic nitrogens is 2. The number of ether oxygens (including phenoxy) is 1. The summed E-state index contributed by atoms with van der Waals surface area (Å²) in [6, 6.07) is 17.3. The molecule has 0 radical (unpaired) electrons. The summed E-state index contributed by atoms with van der Waals surface area (Å²) in [5.74, 6) is 1.17. The van der Waals surface area contributed by atoms with Gasteiger partial charge in [0.1, 0.15) is 5.82 Å². The molecular formula is C28H32N6O2. The summed E-state index contributed by atoms with van der Waals surface area (Å²) in [7, 11) is 0. The molecule has 1 saturated heterocycles. The van der Waals surface area contributed by atoms with Gasteiger partial charge in [-0.3, -0.25) is 4.79 Å². The summed E-state index contributed by atoms with van der Waals surface area (Å²) >= 11 is 0. The minimum atomic E-state index is -0.646. The zero-order valence-corrected chi connectivity index (χ0v) is 21.3. The van der Waals surface area contributed by atoms with Crippen LogP contribution in [0.4, 0.5) is 17.5 Å². The van der Waals surface area contributed by atoms with E-state index in [2.05, 4.69) is 21.6 Å². The highest BCUT2D eigenvalue weighted by atomic mass is 16.5. The Balaban J connectivity index is 1.65. The zero-order valence-electron chi connectivity index (χ0n) is 21.3. The molecule has 2 aromatic carbocycles. The van der Waals surface area contributed by atoms with Crippen LogP contribution < -0.4 is 15.5 Å². The Kier molecular flexibility index (Phi) is 7.51. The van der Waals surface area contributed by atoms with Gasteiger partial charge in [-0.15, -0.1) is 0 Å². The fourth-order valence-electron chi connectivity index (χ4n) is 4.06. The quantitative estimate of drug-likeness (QED) is 0.498. The molecule has 4 rings (SSSR count). The van der Waals surface area contributed by atoms with Crippen molar-refractivity contribution in [2.24, 2.45) is 0 Å². The van der Waals surface area contributed by atoms with Crippen molar-refractivity contribution in [3.05, 3.63) is 65.2 Å². The van der Waals surface area contributed by atoms with Gasteiger partial charge in [0.25, 0.3) is 5.91 Å². The van der Waals surface area contributed by atoms with Gasteiger partial charge in [-0.05, 0) is 63.1 Å². The molecule has 1 amide bonds. The summed E-state index contributed by atoms with van der Waals surface area (Å²) in [6.07, 6.45) is 0. The first kappa shape index (κ1) is 25.1. The fourth-order valence-corrected chi connectivity index (χ4v) is 4.06. The normalized spacial score (nSPS) is 13.7. The van der Waals surface area contributed by atoms with Gasteiger partial charge < -0.3 is 20.3 Å². The molecule has 1 aliphatic rings. The molecule has 1 fully saturated rings. The molecule has 3 aromatic rings. The smallest absolute Gasteiger partial charge is 0.255 e. The van der Waals surface area contributed by atoms with E-state index in [-0.39, 0.29) is 5.91 Å². The molecule has 1 aliphatic heterocycles. The van der Waals surface area contributed by atoms with E-state index in [4.69, 9.17) is 14.7 Å². The van der Waals surface area contributed by atoms with Gasteiger partial charge in [0, 0.05) is 42.5 Å². The lowest BCUT2D eigenvalue weighted by Crippen LogP contribution is -2.37. The van der Waals surface area contributed by atoms with E-state index in [9.17, 15) is 10.1 Å². The Bertz CT molecular complexity index is 1290. The molecule has 8 nitrogen and oxygen atoms in total. The summed E-state index contributed by atoms with van der Waals surface area (Å²) in [4.78, 5) is 24.8. The lowest BCUT2D eigenvalue weighted by Gasteiger charge is -2.28. The van der Waals surface area contributed by atoms with Crippen molar-refractivity contribution in [1.82, 2.24) is 9.97 Å². The van der Waals surface area contributed by atoms with Crippen LogP contribution in [-0.4, -0.2) is 48.7 Å². The number of carbonyl (C=O) groups excluding carboxylic acids is 1. The Labute approximate surface area is 212 Å². The Morgan fingerprint density at radius 1 is 1.14 bits per heavy atom. The SMILES string of the molecule is CCNc1nc(-c2cc(C(=O)Nc3cccc(C(C)(C)C#N)c3)ccc2C)cc(N2CCOCC2)n1. The number of anilines is 3. The van der Waals surface area contributed by atoms with Gasteiger partial charge in [-0.25, -0.2) is 4.98 Å². The standard InChI is InChI=1S/C28H32N6O2/c1-5-30-27-32-24(17-25(33-27)34-11-13-36-14-12-34)23-15-20(10-9-19(23)2)26(35)31-22-8-6-7-21(16-22)28(3,4)18-29/h6-10,15-17H,5,11-14H2,1-4H3,(H,31,35)(H,30,32,33). The number of hydrogen-bond acceptors (Lipinski definition) is 7. The molecule has 186 valence electrons. The van der Waals surface area contributed by atoms with Gasteiger partial charge in [0.2, 0.25) is 5.95 Å². The molecule has 0 atom stereocenters. The zero-order chi connectivity index (χ0) is 25.7. The number of amides is 1. The fraction of sp³-hybridized carbons (Fsp3) is 0.357. The van der Waals surface area contributed by atoms with Crippen molar-refractivity contribution in [3.63, 3.8) is 0 Å². The maximum Gasteiger partial charge on any atom is 0.255 e. The van der Waals surface area contributed by atoms with Crippen LogP contribution in [0.1, 0.15) is 42.3 Å². The summed E-state index contributed by atoms with van der Waals surface area (Å²) in [5, 5.41) is 15.7. The average molecular weight is 485 g/mol. The number of aryl methyl sites for hydroxylation is 1. The second kappa shape index (κ2) is 10.8. The van der Waals surface area contributed by atoms with Gasteiger partial charge in [0.15, 0.2) is 0 Å². The number of nitrogens with zero attached hydrogens (tertiary/aromatic N) is 4. The van der Waals surface area contributed by atoms with Crippen molar-refractivity contribution in [3.8, 4) is 17.3 Å². The molecule has 2 N–H and O–H groups in total. The molecule has 2 heterocycles. The number of hydrogen-bond donors (Lipinski definition) is 2. The molecule has 0 unspecified atom stereocenters. The van der Waals surface area contributed by atoms with E-state index < -0.39 is 5.41 Å². The number of nitrogens with one attached hydrogen (secondary N) is 2. The van der Waals surface area contributed by atoms with Crippen molar-refractivity contribution in [2.75, 3.05) is 48.4 Å². The van der Waals surface area contributed by atoms with E-state index in [1.807, 2.05) is 76.2 Å². The molecule has 8 heteroatoms. The van der Waals surface area contributed by atoms with Crippen LogP contribution in [-0.2, 0) is 10.2 Å². The highest BCUT2D eigenvalue weighted by Crippen LogP contribution is 2.29. The van der Waals surface area contributed by atoms with Crippen LogP contribution in [0.25, 0.3) is 11.3 Å². The van der Waals surface area contributed by atoms with Gasteiger partial charge in [-0.2, -0.15) is 10.2 Å². The van der Waals surface area contributed by atoms with Crippen LogP contribution in [0.15, 0.2) is 48.5 Å². The van der Waals surface area contributed by atoms with Crippen LogP contribution in [0.3, 0.4) is 0 Å². The minimum Gasteiger partial charge on any atom is -0.378 e. The maximum absolute atomic E-state index is 13.2. The number of rotatable bonds is 7. The Hall–Kier alpha value is -3.96. The molecule has 0 saturated carbocycles. The first-order chi connectivity index (χ1) is 17.3. The van der Waals surface area contributed by atoms with Crippen LogP contribution in [0, 0.1) is 18.3 Å². The second-order valence-corrected chi connectivity index (χ2v) is 9.37. The maximum atomic E-state index is 13.2. The van der Waals surface area contributed by atoms with Gasteiger partial charge in [-0.1, -0.05) is 18.2 Å². The number of carbonyl (C=O) groups is 1. The predicted octanol–water partition coefficient (Wildman–Crippen LogP) is 4.77. The third kappa shape index (κ3) is 5.64. The summed E-state index contributed by atoms with van der Waals surface area (Å²) in [5.41, 5.74) is 4.02. The summed E-state index contributed by atoms with van der Waals surface area (Å²) < 4.78 is 5.50.